The van der Waals surface area contributed by atoms with Crippen LogP contribution in [0, 0.1) is 18.3 Å². The summed E-state index contributed by atoms with van der Waals surface area (Å²) in [6, 6.07) is 12.3. The van der Waals surface area contributed by atoms with Gasteiger partial charge in [-0.25, -0.2) is 0 Å². The van der Waals surface area contributed by atoms with Gasteiger partial charge in [-0.05, 0) is 42.8 Å². The molecule has 3 nitrogen and oxygen atoms in total. The number of hydrogen-bond donors (Lipinski definition) is 1. The molecule has 2 aromatic rings. The Kier molecular flexibility index (Phi) is 3.40. The third-order valence-electron chi connectivity index (χ3n) is 2.50. The van der Waals surface area contributed by atoms with Crippen molar-refractivity contribution in [3.05, 3.63) is 52.5 Å². The highest BCUT2D eigenvalue weighted by Gasteiger charge is 2.05. The lowest BCUT2D eigenvalue weighted by Crippen LogP contribution is -1.93. The molecule has 0 radical (unpaired) electrons. The zero-order valence-electron chi connectivity index (χ0n) is 9.77. The molecule has 4 heteroatoms. The van der Waals surface area contributed by atoms with Gasteiger partial charge in [0.05, 0.1) is 17.3 Å². The third-order valence-corrected chi connectivity index (χ3v) is 2.92. The normalized spacial score (nSPS) is 9.83. The van der Waals surface area contributed by atoms with Gasteiger partial charge in [0.15, 0.2) is 5.75 Å². The van der Waals surface area contributed by atoms with Gasteiger partial charge in [0.1, 0.15) is 5.75 Å². The molecule has 90 valence electrons. The van der Waals surface area contributed by atoms with E-state index in [9.17, 15) is 0 Å². The molecule has 0 bridgehead atoms. The van der Waals surface area contributed by atoms with E-state index in [4.69, 9.17) is 27.3 Å². The minimum Gasteiger partial charge on any atom is -0.455 e. The van der Waals surface area contributed by atoms with Crippen LogP contribution in [0.2, 0.25) is 5.02 Å². The van der Waals surface area contributed by atoms with Crippen molar-refractivity contribution in [1.29, 1.82) is 5.26 Å². The van der Waals surface area contributed by atoms with E-state index in [1.807, 2.05) is 19.1 Å². The second-order valence-corrected chi connectivity index (χ2v) is 4.28. The van der Waals surface area contributed by atoms with Gasteiger partial charge in [-0.3, -0.25) is 0 Å². The van der Waals surface area contributed by atoms with E-state index in [0.717, 1.165) is 5.56 Å². The van der Waals surface area contributed by atoms with Crippen LogP contribution in [0.4, 0.5) is 5.69 Å². The monoisotopic (exact) mass is 258 g/mol. The topological polar surface area (TPSA) is 59.0 Å². The molecular weight excluding hydrogens is 248 g/mol. The van der Waals surface area contributed by atoms with Gasteiger partial charge < -0.3 is 10.5 Å². The predicted octanol–water partition coefficient (Wildman–Crippen LogP) is 3.89. The van der Waals surface area contributed by atoms with Crippen LogP contribution in [0.1, 0.15) is 11.1 Å². The summed E-state index contributed by atoms with van der Waals surface area (Å²) < 4.78 is 5.65. The molecule has 18 heavy (non-hydrogen) atoms. The number of benzene rings is 2. The summed E-state index contributed by atoms with van der Waals surface area (Å²) in [5.41, 5.74) is 7.71. The van der Waals surface area contributed by atoms with E-state index in [0.29, 0.717) is 27.8 Å². The fraction of sp³-hybridized carbons (Fsp3) is 0.0714. The van der Waals surface area contributed by atoms with E-state index < -0.39 is 0 Å². The Balaban J connectivity index is 2.33. The highest BCUT2D eigenvalue weighted by molar-refractivity contribution is 6.31. The quantitative estimate of drug-likeness (QED) is 0.831. The van der Waals surface area contributed by atoms with Crippen LogP contribution in [-0.4, -0.2) is 0 Å². The summed E-state index contributed by atoms with van der Waals surface area (Å²) in [7, 11) is 0. The van der Waals surface area contributed by atoms with Gasteiger partial charge in [0.25, 0.3) is 0 Å². The second-order valence-electron chi connectivity index (χ2n) is 3.88. The van der Waals surface area contributed by atoms with Crippen molar-refractivity contribution in [1.82, 2.24) is 0 Å². The maximum Gasteiger partial charge on any atom is 0.151 e. The Morgan fingerprint density at radius 3 is 2.67 bits per heavy atom. The second kappa shape index (κ2) is 4.99. The number of aryl methyl sites for hydroxylation is 1. The first kappa shape index (κ1) is 12.3. The van der Waals surface area contributed by atoms with Crippen molar-refractivity contribution >= 4 is 17.3 Å². The van der Waals surface area contributed by atoms with Crippen molar-refractivity contribution < 1.29 is 4.74 Å². The summed E-state index contributed by atoms with van der Waals surface area (Å²) in [5.74, 6) is 1.11. The maximum atomic E-state index is 8.84. The smallest absolute Gasteiger partial charge is 0.151 e. The number of halogens is 1. The summed E-state index contributed by atoms with van der Waals surface area (Å²) in [4.78, 5) is 0. The lowest BCUT2D eigenvalue weighted by atomic mass is 10.2. The van der Waals surface area contributed by atoms with E-state index in [1.54, 1.807) is 30.3 Å². The molecule has 0 aliphatic heterocycles. The van der Waals surface area contributed by atoms with E-state index in [2.05, 4.69) is 0 Å². The molecule has 0 aromatic heterocycles. The van der Waals surface area contributed by atoms with Crippen LogP contribution in [0.3, 0.4) is 0 Å². The number of nitrogen functional groups attached to an aromatic ring is 1. The molecule has 0 saturated heterocycles. The molecule has 0 atom stereocenters. The zero-order chi connectivity index (χ0) is 13.1. The number of anilines is 1. The van der Waals surface area contributed by atoms with Gasteiger partial charge in [0.2, 0.25) is 0 Å². The summed E-state index contributed by atoms with van der Waals surface area (Å²) in [6.07, 6.45) is 0. The van der Waals surface area contributed by atoms with Crippen molar-refractivity contribution in [2.24, 2.45) is 0 Å². The molecule has 0 amide bonds. The van der Waals surface area contributed by atoms with Crippen molar-refractivity contribution in [3.8, 4) is 17.6 Å². The number of nitriles is 1. The summed E-state index contributed by atoms with van der Waals surface area (Å²) >= 11 is 5.94. The van der Waals surface area contributed by atoms with Crippen LogP contribution >= 0.6 is 11.6 Å². The molecule has 2 aromatic carbocycles. The average molecular weight is 259 g/mol. The van der Waals surface area contributed by atoms with Crippen LogP contribution in [-0.2, 0) is 0 Å². The number of hydrogen-bond acceptors (Lipinski definition) is 3. The van der Waals surface area contributed by atoms with Gasteiger partial charge in [-0.15, -0.1) is 0 Å². The Morgan fingerprint density at radius 1 is 1.22 bits per heavy atom. The molecule has 0 fully saturated rings. The van der Waals surface area contributed by atoms with Gasteiger partial charge in [-0.1, -0.05) is 11.6 Å². The highest BCUT2D eigenvalue weighted by atomic mass is 35.5. The average Bonchev–Trinajstić information content (AvgIpc) is 2.36. The van der Waals surface area contributed by atoms with Crippen molar-refractivity contribution in [2.75, 3.05) is 5.73 Å². The lowest BCUT2D eigenvalue weighted by Gasteiger charge is -2.09. The molecule has 0 aliphatic carbocycles. The first-order chi connectivity index (χ1) is 8.60. The summed E-state index contributed by atoms with van der Waals surface area (Å²) in [5, 5.41) is 9.52. The largest absolute Gasteiger partial charge is 0.455 e. The first-order valence-corrected chi connectivity index (χ1v) is 5.71. The third kappa shape index (κ3) is 2.55. The van der Waals surface area contributed by atoms with E-state index in [1.165, 1.54) is 0 Å². The summed E-state index contributed by atoms with van der Waals surface area (Å²) in [6.45, 7) is 1.89. The molecule has 2 rings (SSSR count). The van der Waals surface area contributed by atoms with E-state index >= 15 is 0 Å². The maximum absolute atomic E-state index is 8.84. The SMILES string of the molecule is Cc1cc(Oc2cc(C#N)ccc2N)ccc1Cl. The Hall–Kier alpha value is -2.18. The fourth-order valence-electron chi connectivity index (χ4n) is 1.50. The zero-order valence-corrected chi connectivity index (χ0v) is 10.5. The van der Waals surface area contributed by atoms with Crippen LogP contribution < -0.4 is 10.5 Å². The molecule has 0 aliphatic rings. The standard InChI is InChI=1S/C14H11ClN2O/c1-9-6-11(3-4-12(9)15)18-14-7-10(8-16)2-5-13(14)17/h2-7H,17H2,1H3. The number of ether oxygens (including phenoxy) is 1. The molecule has 0 spiro atoms. The van der Waals surface area contributed by atoms with Gasteiger partial charge >= 0.3 is 0 Å². The van der Waals surface area contributed by atoms with Crippen LogP contribution in [0.15, 0.2) is 36.4 Å². The van der Waals surface area contributed by atoms with E-state index in [-0.39, 0.29) is 0 Å². The van der Waals surface area contributed by atoms with Gasteiger partial charge in [-0.2, -0.15) is 5.26 Å². The van der Waals surface area contributed by atoms with Gasteiger partial charge in [0, 0.05) is 11.1 Å². The Labute approximate surface area is 110 Å². The fourth-order valence-corrected chi connectivity index (χ4v) is 1.62. The van der Waals surface area contributed by atoms with Crippen molar-refractivity contribution in [3.63, 3.8) is 0 Å². The highest BCUT2D eigenvalue weighted by Crippen LogP contribution is 2.30. The molecule has 0 unspecified atom stereocenters. The number of nitrogens with zero attached hydrogens (tertiary/aromatic N) is 1. The molecular formula is C14H11ClN2O. The number of nitrogens with two attached hydrogens (primary N) is 1. The first-order valence-electron chi connectivity index (χ1n) is 5.34. The minimum atomic E-state index is 0.468. The number of rotatable bonds is 2. The molecule has 0 heterocycles. The molecule has 2 N–H and O–H groups in total. The predicted molar refractivity (Wildman–Crippen MR) is 71.8 cm³/mol. The van der Waals surface area contributed by atoms with Crippen LogP contribution in [0.5, 0.6) is 11.5 Å². The minimum absolute atomic E-state index is 0.468. The van der Waals surface area contributed by atoms with Crippen LogP contribution in [0.25, 0.3) is 0 Å². The Morgan fingerprint density at radius 2 is 2.00 bits per heavy atom. The molecule has 0 saturated carbocycles. The van der Waals surface area contributed by atoms with Crippen molar-refractivity contribution in [2.45, 2.75) is 6.92 Å². The Bertz CT molecular complexity index is 632. The lowest BCUT2D eigenvalue weighted by molar-refractivity contribution is 0.484.